The van der Waals surface area contributed by atoms with Crippen molar-refractivity contribution in [2.24, 2.45) is 0 Å². The summed E-state index contributed by atoms with van der Waals surface area (Å²) in [4.78, 5) is 25.3. The fraction of sp³-hybridized carbons (Fsp3) is 0.364. The van der Waals surface area contributed by atoms with Gasteiger partial charge in [0.15, 0.2) is 6.23 Å². The number of hydrogen-bond acceptors (Lipinski definition) is 4. The number of benzene rings is 2. The van der Waals surface area contributed by atoms with Crippen molar-refractivity contribution in [2.45, 2.75) is 37.2 Å². The molecule has 1 amide bonds. The lowest BCUT2D eigenvalue weighted by Crippen LogP contribution is -2.58. The Labute approximate surface area is 167 Å². The average molecular weight is 399 g/mol. The molecule has 2 aromatic carbocycles. The number of amides is 1. The minimum atomic E-state index is -1.46. The van der Waals surface area contributed by atoms with E-state index in [-0.39, 0.29) is 25.4 Å². The summed E-state index contributed by atoms with van der Waals surface area (Å²) in [6.07, 6.45) is -3.59. The van der Waals surface area contributed by atoms with Gasteiger partial charge in [0.1, 0.15) is 18.8 Å². The summed E-state index contributed by atoms with van der Waals surface area (Å²) in [6.45, 7) is 0.0308. The predicted molar refractivity (Wildman–Crippen MR) is 103 cm³/mol. The third kappa shape index (κ3) is 3.35. The van der Waals surface area contributed by atoms with E-state index in [9.17, 15) is 19.1 Å². The fourth-order valence-electron chi connectivity index (χ4n) is 4.35. The molecule has 0 aromatic heterocycles. The van der Waals surface area contributed by atoms with Crippen LogP contribution >= 0.6 is 0 Å². The molecular weight excluding hydrogens is 377 g/mol. The van der Waals surface area contributed by atoms with Crippen molar-refractivity contribution >= 4 is 12.1 Å². The lowest BCUT2D eigenvalue weighted by atomic mass is 9.98. The number of likely N-dealkylation sites (tertiary alicyclic amines) is 1. The molecule has 1 fully saturated rings. The smallest absolute Gasteiger partial charge is 0.412 e. The summed E-state index contributed by atoms with van der Waals surface area (Å²) in [5.41, 5.74) is 4.26. The van der Waals surface area contributed by atoms with E-state index in [0.29, 0.717) is 0 Å². The van der Waals surface area contributed by atoms with Gasteiger partial charge in [-0.3, -0.25) is 4.90 Å². The number of halogens is 1. The van der Waals surface area contributed by atoms with Gasteiger partial charge >= 0.3 is 12.1 Å². The molecule has 1 aliphatic heterocycles. The number of ether oxygens (including phenoxy) is 2. The number of fused-ring (bicyclic) bond motifs is 3. The van der Waals surface area contributed by atoms with Gasteiger partial charge in [-0.15, -0.1) is 0 Å². The average Bonchev–Trinajstić information content (AvgIpc) is 3.05. The third-order valence-corrected chi connectivity index (χ3v) is 5.71. The fourth-order valence-corrected chi connectivity index (χ4v) is 4.35. The minimum Gasteiger partial charge on any atom is -0.480 e. The maximum Gasteiger partial charge on any atom is 0.412 e. The molecule has 0 radical (unpaired) electrons. The number of carbonyl (C=O) groups excluding carboxylic acids is 1. The van der Waals surface area contributed by atoms with E-state index in [1.165, 1.54) is 7.11 Å². The van der Waals surface area contributed by atoms with Crippen molar-refractivity contribution in [3.05, 3.63) is 59.7 Å². The second kappa shape index (κ2) is 7.83. The van der Waals surface area contributed by atoms with Crippen molar-refractivity contribution in [2.75, 3.05) is 13.7 Å². The molecular formula is C22H22FNO5. The molecule has 0 spiro atoms. The normalized spacial score (nSPS) is 23.4. The Morgan fingerprint density at radius 1 is 1.07 bits per heavy atom. The van der Waals surface area contributed by atoms with Crippen molar-refractivity contribution in [1.29, 1.82) is 0 Å². The first-order valence-corrected chi connectivity index (χ1v) is 9.56. The molecule has 1 heterocycles. The summed E-state index contributed by atoms with van der Waals surface area (Å²) >= 11 is 0. The highest BCUT2D eigenvalue weighted by atomic mass is 19.1. The zero-order valence-electron chi connectivity index (χ0n) is 16.0. The number of carboxylic acid groups (broad SMARTS) is 1. The second-order valence-corrected chi connectivity index (χ2v) is 7.28. The molecule has 0 saturated carbocycles. The van der Waals surface area contributed by atoms with Crippen LogP contribution in [0.3, 0.4) is 0 Å². The first-order valence-electron chi connectivity index (χ1n) is 9.56. The summed E-state index contributed by atoms with van der Waals surface area (Å²) in [7, 11) is 1.26. The SMILES string of the molecule is COC1C(F)CCC(C(=O)O)N1C(=O)OCC1c2ccccc2-c2ccccc21. The monoisotopic (exact) mass is 399 g/mol. The second-order valence-electron chi connectivity index (χ2n) is 7.28. The van der Waals surface area contributed by atoms with Crippen LogP contribution in [0, 0.1) is 0 Å². The highest BCUT2D eigenvalue weighted by Gasteiger charge is 2.45. The van der Waals surface area contributed by atoms with E-state index in [2.05, 4.69) is 0 Å². The van der Waals surface area contributed by atoms with E-state index < -0.39 is 30.5 Å². The predicted octanol–water partition coefficient (Wildman–Crippen LogP) is 3.80. The number of methoxy groups -OCH3 is 1. The molecule has 2 aromatic rings. The number of hydrogen-bond donors (Lipinski definition) is 1. The van der Waals surface area contributed by atoms with Crippen LogP contribution in [-0.2, 0) is 14.3 Å². The molecule has 0 bridgehead atoms. The van der Waals surface area contributed by atoms with Crippen molar-refractivity contribution in [3.8, 4) is 11.1 Å². The Morgan fingerprint density at radius 3 is 2.21 bits per heavy atom. The molecule has 3 unspecified atom stereocenters. The van der Waals surface area contributed by atoms with Gasteiger partial charge in [-0.1, -0.05) is 48.5 Å². The van der Waals surface area contributed by atoms with E-state index in [1.54, 1.807) is 0 Å². The molecule has 4 rings (SSSR count). The molecule has 152 valence electrons. The van der Waals surface area contributed by atoms with Gasteiger partial charge in [0.2, 0.25) is 0 Å². The number of carboxylic acids is 1. The lowest BCUT2D eigenvalue weighted by Gasteiger charge is -2.40. The third-order valence-electron chi connectivity index (χ3n) is 5.71. The zero-order chi connectivity index (χ0) is 20.5. The summed E-state index contributed by atoms with van der Waals surface area (Å²) in [6, 6.07) is 14.6. The first-order chi connectivity index (χ1) is 14.0. The quantitative estimate of drug-likeness (QED) is 0.847. The molecule has 1 saturated heterocycles. The Balaban J connectivity index is 1.57. The highest BCUT2D eigenvalue weighted by Crippen LogP contribution is 2.44. The maximum atomic E-state index is 14.3. The molecule has 6 nitrogen and oxygen atoms in total. The highest BCUT2D eigenvalue weighted by molar-refractivity contribution is 5.81. The Hall–Kier alpha value is -2.93. The van der Waals surface area contributed by atoms with Gasteiger partial charge in [-0.2, -0.15) is 0 Å². The van der Waals surface area contributed by atoms with Gasteiger partial charge in [0.05, 0.1) is 0 Å². The summed E-state index contributed by atoms with van der Waals surface area (Å²) in [5.74, 6) is -1.37. The first kappa shape index (κ1) is 19.4. The molecule has 7 heteroatoms. The number of carbonyl (C=O) groups is 2. The van der Waals surface area contributed by atoms with Gasteiger partial charge in [-0.25, -0.2) is 14.0 Å². The van der Waals surface area contributed by atoms with Crippen LogP contribution in [0.1, 0.15) is 29.9 Å². The lowest BCUT2D eigenvalue weighted by molar-refractivity contribution is -0.158. The van der Waals surface area contributed by atoms with Crippen LogP contribution in [0.4, 0.5) is 9.18 Å². The number of nitrogens with zero attached hydrogens (tertiary/aromatic N) is 1. The topological polar surface area (TPSA) is 76.1 Å². The molecule has 29 heavy (non-hydrogen) atoms. The van der Waals surface area contributed by atoms with E-state index >= 15 is 0 Å². The van der Waals surface area contributed by atoms with Crippen LogP contribution in [0.2, 0.25) is 0 Å². The number of rotatable bonds is 4. The van der Waals surface area contributed by atoms with Crippen LogP contribution in [0.5, 0.6) is 0 Å². The Morgan fingerprint density at radius 2 is 1.66 bits per heavy atom. The zero-order valence-corrected chi connectivity index (χ0v) is 16.0. The standard InChI is InChI=1S/C22H22FNO5/c1-28-20-18(23)10-11-19(21(25)26)24(20)22(27)29-12-17-15-8-4-2-6-13(15)14-7-3-5-9-16(14)17/h2-9,17-20H,10-12H2,1H3,(H,25,26). The summed E-state index contributed by atoms with van der Waals surface area (Å²) < 4.78 is 24.9. The van der Waals surface area contributed by atoms with Crippen LogP contribution in [0.25, 0.3) is 11.1 Å². The van der Waals surface area contributed by atoms with E-state index in [1.807, 2.05) is 48.5 Å². The molecule has 1 aliphatic carbocycles. The van der Waals surface area contributed by atoms with Crippen LogP contribution in [0.15, 0.2) is 48.5 Å². The van der Waals surface area contributed by atoms with Crippen molar-refractivity contribution < 1.29 is 28.6 Å². The largest absolute Gasteiger partial charge is 0.480 e. The Kier molecular flexibility index (Phi) is 5.24. The number of alkyl halides is 1. The number of aliphatic carboxylic acids is 1. The van der Waals surface area contributed by atoms with Crippen LogP contribution in [-0.4, -0.2) is 54.2 Å². The van der Waals surface area contributed by atoms with Crippen molar-refractivity contribution in [1.82, 2.24) is 4.90 Å². The molecule has 3 atom stereocenters. The van der Waals surface area contributed by atoms with Gasteiger partial charge in [-0.05, 0) is 35.1 Å². The van der Waals surface area contributed by atoms with Gasteiger partial charge < -0.3 is 14.6 Å². The Bertz CT molecular complexity index is 887. The molecule has 1 N–H and O–H groups in total. The minimum absolute atomic E-state index is 0.0144. The summed E-state index contributed by atoms with van der Waals surface area (Å²) in [5, 5.41) is 9.47. The van der Waals surface area contributed by atoms with Gasteiger partial charge in [0.25, 0.3) is 0 Å². The van der Waals surface area contributed by atoms with Crippen molar-refractivity contribution in [3.63, 3.8) is 0 Å². The van der Waals surface area contributed by atoms with Gasteiger partial charge in [0, 0.05) is 13.0 Å². The van der Waals surface area contributed by atoms with E-state index in [0.717, 1.165) is 27.2 Å². The number of piperidine rings is 1. The maximum absolute atomic E-state index is 14.3. The van der Waals surface area contributed by atoms with Crippen LogP contribution < -0.4 is 0 Å². The molecule has 2 aliphatic rings. The van der Waals surface area contributed by atoms with E-state index in [4.69, 9.17) is 9.47 Å².